The minimum absolute atomic E-state index is 0.327. The van der Waals surface area contributed by atoms with Gasteiger partial charge in [0.1, 0.15) is 23.7 Å². The molecule has 2 N–H and O–H groups in total. The average molecular weight is 447 g/mol. The second-order valence-electron chi connectivity index (χ2n) is 7.15. The van der Waals surface area contributed by atoms with Gasteiger partial charge in [-0.05, 0) is 51.1 Å². The number of hydrogen-bond donors (Lipinski definition) is 2. The van der Waals surface area contributed by atoms with Gasteiger partial charge in [0.25, 0.3) is 5.91 Å². The van der Waals surface area contributed by atoms with Crippen molar-refractivity contribution in [2.75, 3.05) is 25.1 Å². The molecule has 2 aromatic rings. The predicted molar refractivity (Wildman–Crippen MR) is 111 cm³/mol. The van der Waals surface area contributed by atoms with E-state index in [-0.39, 0.29) is 5.56 Å². The van der Waals surface area contributed by atoms with Crippen molar-refractivity contribution in [3.8, 4) is 11.5 Å². The summed E-state index contributed by atoms with van der Waals surface area (Å²) in [4.78, 5) is 38.4. The van der Waals surface area contributed by atoms with Crippen LogP contribution in [0.2, 0.25) is 0 Å². The first-order chi connectivity index (χ1) is 15.2. The number of carbonyl (C=O) groups excluding carboxylic acids is 3. The Morgan fingerprint density at radius 1 is 1.06 bits per heavy atom. The van der Waals surface area contributed by atoms with Crippen molar-refractivity contribution in [2.24, 2.45) is 0 Å². The number of urea groups is 1. The Kier molecular flexibility index (Phi) is 6.61. The fourth-order valence-corrected chi connectivity index (χ4v) is 3.38. The maximum absolute atomic E-state index is 14.2. The molecule has 1 fully saturated rings. The van der Waals surface area contributed by atoms with Crippen LogP contribution in [0.4, 0.5) is 19.3 Å². The first kappa shape index (κ1) is 23.0. The van der Waals surface area contributed by atoms with E-state index in [1.54, 1.807) is 25.1 Å². The van der Waals surface area contributed by atoms with Gasteiger partial charge in [-0.25, -0.2) is 13.6 Å². The summed E-state index contributed by atoms with van der Waals surface area (Å²) in [5.74, 6) is -2.22. The number of rotatable bonds is 8. The van der Waals surface area contributed by atoms with Crippen molar-refractivity contribution >= 4 is 23.5 Å². The molecule has 2 aromatic carbocycles. The molecule has 0 saturated carbocycles. The average Bonchev–Trinajstić information content (AvgIpc) is 2.95. The Bertz CT molecular complexity index is 1060. The number of imide groups is 1. The van der Waals surface area contributed by atoms with Gasteiger partial charge in [0.05, 0.1) is 13.2 Å². The SMILES string of the molecule is CCOc1ccc(NC(=O)CN2C(=O)NC(C)(c3cc(F)ccc3F)C2=O)cc1OCC. The quantitative estimate of drug-likeness (QED) is 0.606. The Hall–Kier alpha value is -3.69. The van der Waals surface area contributed by atoms with Crippen LogP contribution in [0.15, 0.2) is 36.4 Å². The number of ether oxygens (including phenoxy) is 2. The lowest BCUT2D eigenvalue weighted by molar-refractivity contribution is -0.133. The Balaban J connectivity index is 1.75. The smallest absolute Gasteiger partial charge is 0.325 e. The molecule has 170 valence electrons. The van der Waals surface area contributed by atoms with Gasteiger partial charge in [0, 0.05) is 17.3 Å². The third-order valence-corrected chi connectivity index (χ3v) is 4.87. The molecule has 32 heavy (non-hydrogen) atoms. The van der Waals surface area contributed by atoms with E-state index in [0.717, 1.165) is 18.2 Å². The summed E-state index contributed by atoms with van der Waals surface area (Å²) < 4.78 is 38.8. The Morgan fingerprint density at radius 2 is 1.75 bits per heavy atom. The molecular weight excluding hydrogens is 424 g/mol. The highest BCUT2D eigenvalue weighted by molar-refractivity contribution is 6.10. The van der Waals surface area contributed by atoms with Crippen LogP contribution >= 0.6 is 0 Å². The molecule has 1 aliphatic rings. The topological polar surface area (TPSA) is 97.0 Å². The summed E-state index contributed by atoms with van der Waals surface area (Å²) in [5, 5.41) is 4.93. The van der Waals surface area contributed by atoms with Crippen LogP contribution in [0, 0.1) is 11.6 Å². The fraction of sp³-hybridized carbons (Fsp3) is 0.318. The van der Waals surface area contributed by atoms with E-state index in [1.165, 1.54) is 6.92 Å². The largest absolute Gasteiger partial charge is 0.490 e. The second kappa shape index (κ2) is 9.21. The van der Waals surface area contributed by atoms with E-state index < -0.39 is 41.6 Å². The van der Waals surface area contributed by atoms with Crippen molar-refractivity contribution in [1.29, 1.82) is 0 Å². The third kappa shape index (κ3) is 4.48. The first-order valence-electron chi connectivity index (χ1n) is 9.98. The summed E-state index contributed by atoms with van der Waals surface area (Å²) >= 11 is 0. The summed E-state index contributed by atoms with van der Waals surface area (Å²) in [6.07, 6.45) is 0. The molecular formula is C22H23F2N3O5. The molecule has 0 aliphatic carbocycles. The molecule has 1 atom stereocenters. The zero-order chi connectivity index (χ0) is 23.5. The van der Waals surface area contributed by atoms with E-state index in [0.29, 0.717) is 35.3 Å². The first-order valence-corrected chi connectivity index (χ1v) is 9.98. The van der Waals surface area contributed by atoms with Crippen molar-refractivity contribution in [3.05, 3.63) is 53.6 Å². The lowest BCUT2D eigenvalue weighted by Gasteiger charge is -2.22. The van der Waals surface area contributed by atoms with Crippen LogP contribution in [-0.4, -0.2) is 42.5 Å². The molecule has 0 spiro atoms. The molecule has 4 amide bonds. The lowest BCUT2D eigenvalue weighted by atomic mass is 9.91. The van der Waals surface area contributed by atoms with Gasteiger partial charge in [0.2, 0.25) is 5.91 Å². The maximum Gasteiger partial charge on any atom is 0.325 e. The Morgan fingerprint density at radius 3 is 2.44 bits per heavy atom. The lowest BCUT2D eigenvalue weighted by Crippen LogP contribution is -2.42. The number of hydrogen-bond acceptors (Lipinski definition) is 5. The molecule has 1 heterocycles. The van der Waals surface area contributed by atoms with Gasteiger partial charge in [-0.2, -0.15) is 0 Å². The number of nitrogens with one attached hydrogen (secondary N) is 2. The molecule has 1 aliphatic heterocycles. The van der Waals surface area contributed by atoms with Gasteiger partial charge in [-0.15, -0.1) is 0 Å². The molecule has 10 heteroatoms. The fourth-order valence-electron chi connectivity index (χ4n) is 3.38. The Labute approximate surface area is 183 Å². The van der Waals surface area contributed by atoms with Crippen LogP contribution in [0.25, 0.3) is 0 Å². The summed E-state index contributed by atoms with van der Waals surface area (Å²) in [7, 11) is 0. The van der Waals surface area contributed by atoms with Crippen molar-refractivity contribution in [1.82, 2.24) is 10.2 Å². The van der Waals surface area contributed by atoms with E-state index in [9.17, 15) is 23.2 Å². The number of anilines is 1. The standard InChI is InChI=1S/C22H23F2N3O5/c1-4-31-17-9-7-14(11-18(17)32-5-2)25-19(28)12-27-20(29)22(3,26-21(27)30)15-10-13(23)6-8-16(15)24/h6-11H,4-5,12H2,1-3H3,(H,25,28)(H,26,30). The molecule has 0 aromatic heterocycles. The van der Waals surface area contributed by atoms with E-state index in [1.807, 2.05) is 6.92 Å². The number of nitrogens with zero attached hydrogens (tertiary/aromatic N) is 1. The third-order valence-electron chi connectivity index (χ3n) is 4.87. The molecule has 8 nitrogen and oxygen atoms in total. The highest BCUT2D eigenvalue weighted by Crippen LogP contribution is 2.32. The highest BCUT2D eigenvalue weighted by atomic mass is 19.1. The van der Waals surface area contributed by atoms with Gasteiger partial charge >= 0.3 is 6.03 Å². The van der Waals surface area contributed by atoms with E-state index >= 15 is 0 Å². The zero-order valence-electron chi connectivity index (χ0n) is 17.8. The van der Waals surface area contributed by atoms with E-state index in [4.69, 9.17) is 9.47 Å². The summed E-state index contributed by atoms with van der Waals surface area (Å²) in [6.45, 7) is 5.08. The number of halogens is 2. The van der Waals surface area contributed by atoms with Crippen LogP contribution in [0.3, 0.4) is 0 Å². The summed E-state index contributed by atoms with van der Waals surface area (Å²) in [6, 6.07) is 6.49. The normalized spacial score (nSPS) is 17.8. The molecule has 1 unspecified atom stereocenters. The molecule has 3 rings (SSSR count). The van der Waals surface area contributed by atoms with Gasteiger partial charge in [0.15, 0.2) is 11.5 Å². The minimum Gasteiger partial charge on any atom is -0.490 e. The second-order valence-corrected chi connectivity index (χ2v) is 7.15. The predicted octanol–water partition coefficient (Wildman–Crippen LogP) is 3.17. The zero-order valence-corrected chi connectivity index (χ0v) is 17.8. The van der Waals surface area contributed by atoms with Gasteiger partial charge < -0.3 is 20.1 Å². The molecule has 1 saturated heterocycles. The van der Waals surface area contributed by atoms with Gasteiger partial charge in [-0.3, -0.25) is 14.5 Å². The summed E-state index contributed by atoms with van der Waals surface area (Å²) in [5.41, 5.74) is -1.80. The van der Waals surface area contributed by atoms with Crippen LogP contribution in [0.5, 0.6) is 11.5 Å². The molecule has 0 radical (unpaired) electrons. The molecule has 0 bridgehead atoms. The number of amides is 4. The van der Waals surface area contributed by atoms with Gasteiger partial charge in [-0.1, -0.05) is 0 Å². The monoisotopic (exact) mass is 447 g/mol. The number of carbonyl (C=O) groups is 3. The number of benzene rings is 2. The van der Waals surface area contributed by atoms with Crippen molar-refractivity contribution < 1.29 is 32.6 Å². The van der Waals surface area contributed by atoms with Crippen molar-refractivity contribution in [3.63, 3.8) is 0 Å². The van der Waals surface area contributed by atoms with Crippen LogP contribution in [-0.2, 0) is 15.1 Å². The minimum atomic E-state index is -1.84. The highest BCUT2D eigenvalue weighted by Gasteiger charge is 2.50. The van der Waals surface area contributed by atoms with Crippen LogP contribution in [0.1, 0.15) is 26.3 Å². The van der Waals surface area contributed by atoms with Crippen LogP contribution < -0.4 is 20.1 Å². The maximum atomic E-state index is 14.2. The van der Waals surface area contributed by atoms with E-state index in [2.05, 4.69) is 10.6 Å². The van der Waals surface area contributed by atoms with Crippen molar-refractivity contribution in [2.45, 2.75) is 26.3 Å².